The third-order valence-electron chi connectivity index (χ3n) is 6.24. The number of nitrogens with one attached hydrogen (secondary N) is 2. The molecule has 3 aliphatic rings. The summed E-state index contributed by atoms with van der Waals surface area (Å²) >= 11 is 5.86. The second-order valence-corrected chi connectivity index (χ2v) is 8.52. The zero-order valence-corrected chi connectivity index (χ0v) is 16.9. The van der Waals surface area contributed by atoms with Gasteiger partial charge < -0.3 is 15.2 Å². The molecule has 150 valence electrons. The minimum absolute atomic E-state index is 0.0307. The Morgan fingerprint density at radius 2 is 2.07 bits per heavy atom. The molecule has 0 radical (unpaired) electrons. The number of amides is 1. The predicted molar refractivity (Wildman–Crippen MR) is 112 cm³/mol. The van der Waals surface area contributed by atoms with Crippen molar-refractivity contribution in [2.24, 2.45) is 5.92 Å². The molecule has 0 saturated carbocycles. The first kappa shape index (κ1) is 18.6. The van der Waals surface area contributed by atoms with Crippen LogP contribution in [0, 0.1) is 18.7 Å². The van der Waals surface area contributed by atoms with Crippen molar-refractivity contribution in [3.05, 3.63) is 52.3 Å². The minimum atomic E-state index is -0.481. The van der Waals surface area contributed by atoms with Crippen LogP contribution >= 0.6 is 11.6 Å². The molecule has 2 aromatic carbocycles. The number of rotatable bonds is 3. The molecule has 2 N–H and O–H groups in total. The number of piperidine rings is 3. The van der Waals surface area contributed by atoms with Crippen LogP contribution in [-0.2, 0) is 0 Å². The summed E-state index contributed by atoms with van der Waals surface area (Å²) in [5.41, 5.74) is 3.64. The van der Waals surface area contributed by atoms with E-state index in [0.29, 0.717) is 28.3 Å². The van der Waals surface area contributed by atoms with Gasteiger partial charge in [-0.25, -0.2) is 9.37 Å². The molecule has 3 fully saturated rings. The number of hydrogen-bond donors (Lipinski definition) is 2. The van der Waals surface area contributed by atoms with Crippen LogP contribution in [0.2, 0.25) is 5.02 Å². The smallest absolute Gasteiger partial charge is 0.251 e. The Morgan fingerprint density at radius 1 is 1.28 bits per heavy atom. The number of carbonyl (C=O) groups excluding carboxylic acids is 1. The maximum atomic E-state index is 13.7. The van der Waals surface area contributed by atoms with Gasteiger partial charge in [-0.3, -0.25) is 4.79 Å². The van der Waals surface area contributed by atoms with Crippen molar-refractivity contribution in [1.29, 1.82) is 0 Å². The lowest BCUT2D eigenvalue weighted by Crippen LogP contribution is -2.57. The molecule has 29 heavy (non-hydrogen) atoms. The number of aryl methyl sites for hydroxylation is 1. The fraction of sp³-hybridized carbons (Fsp3) is 0.364. The second kappa shape index (κ2) is 7.11. The zero-order valence-electron chi connectivity index (χ0n) is 16.1. The number of carbonyl (C=O) groups is 1. The molecule has 2 bridgehead atoms. The van der Waals surface area contributed by atoms with E-state index >= 15 is 0 Å². The largest absolute Gasteiger partial charge is 0.348 e. The Morgan fingerprint density at radius 3 is 2.76 bits per heavy atom. The van der Waals surface area contributed by atoms with Crippen LogP contribution in [0.5, 0.6) is 0 Å². The quantitative estimate of drug-likeness (QED) is 0.679. The molecular formula is C22H22ClFN4O. The van der Waals surface area contributed by atoms with E-state index in [0.717, 1.165) is 30.8 Å². The van der Waals surface area contributed by atoms with E-state index in [1.165, 1.54) is 25.0 Å². The summed E-state index contributed by atoms with van der Waals surface area (Å²) in [6.45, 7) is 5.20. The van der Waals surface area contributed by atoms with Gasteiger partial charge in [-0.2, -0.15) is 0 Å². The highest BCUT2D eigenvalue weighted by atomic mass is 35.5. The molecule has 6 rings (SSSR count). The molecule has 1 unspecified atom stereocenters. The van der Waals surface area contributed by atoms with Crippen molar-refractivity contribution in [3.63, 3.8) is 0 Å². The van der Waals surface area contributed by atoms with E-state index in [1.807, 2.05) is 25.1 Å². The average molecular weight is 413 g/mol. The monoisotopic (exact) mass is 412 g/mol. The third-order valence-corrected chi connectivity index (χ3v) is 6.53. The molecule has 1 aromatic heterocycles. The summed E-state index contributed by atoms with van der Waals surface area (Å²) in [5, 5.41) is 3.27. The van der Waals surface area contributed by atoms with E-state index in [2.05, 4.69) is 20.2 Å². The normalized spacial score (nSPS) is 23.5. The first-order valence-corrected chi connectivity index (χ1v) is 10.3. The summed E-state index contributed by atoms with van der Waals surface area (Å²) in [5.74, 6) is 0.707. The minimum Gasteiger partial charge on any atom is -0.348 e. The van der Waals surface area contributed by atoms with E-state index in [4.69, 9.17) is 11.6 Å². The second-order valence-electron chi connectivity index (χ2n) is 8.12. The SMILES string of the molecule is Cc1cc(C(=O)NC2CN3CCC2CC3)ccc1-c1nc2cc(Cl)c(F)cc2[nH]1. The van der Waals surface area contributed by atoms with Crippen molar-refractivity contribution >= 4 is 28.5 Å². The lowest BCUT2D eigenvalue weighted by Gasteiger charge is -2.44. The lowest BCUT2D eigenvalue weighted by molar-refractivity contribution is 0.0620. The van der Waals surface area contributed by atoms with E-state index in [9.17, 15) is 9.18 Å². The fourth-order valence-corrected chi connectivity index (χ4v) is 4.74. The lowest BCUT2D eigenvalue weighted by atomic mass is 9.84. The van der Waals surface area contributed by atoms with Crippen molar-refractivity contribution in [2.45, 2.75) is 25.8 Å². The summed E-state index contributed by atoms with van der Waals surface area (Å²) in [7, 11) is 0. The molecule has 0 aliphatic carbocycles. The Kier molecular flexibility index (Phi) is 4.56. The molecule has 7 heteroatoms. The molecule has 3 saturated heterocycles. The van der Waals surface area contributed by atoms with E-state index < -0.39 is 5.82 Å². The number of aromatic nitrogens is 2. The molecule has 1 amide bonds. The zero-order chi connectivity index (χ0) is 20.1. The van der Waals surface area contributed by atoms with Gasteiger partial charge in [0.1, 0.15) is 11.6 Å². The van der Waals surface area contributed by atoms with Crippen LogP contribution in [0.3, 0.4) is 0 Å². The first-order chi connectivity index (χ1) is 14.0. The van der Waals surface area contributed by atoms with Crippen LogP contribution in [-0.4, -0.2) is 46.5 Å². The van der Waals surface area contributed by atoms with Crippen LogP contribution < -0.4 is 5.32 Å². The Bertz CT molecular complexity index is 1060. The number of benzene rings is 2. The topological polar surface area (TPSA) is 61.0 Å². The third kappa shape index (κ3) is 3.40. The van der Waals surface area contributed by atoms with Gasteiger partial charge >= 0.3 is 0 Å². The van der Waals surface area contributed by atoms with Crippen molar-refractivity contribution in [2.75, 3.05) is 19.6 Å². The molecule has 4 heterocycles. The van der Waals surface area contributed by atoms with Crippen LogP contribution in [0.15, 0.2) is 30.3 Å². The van der Waals surface area contributed by atoms with Crippen molar-refractivity contribution in [3.8, 4) is 11.4 Å². The standard InChI is InChI=1S/C22H22ClFN4O/c1-12-8-14(22(29)27-20-11-28-6-4-13(20)5-7-28)2-3-15(12)21-25-18-9-16(23)17(24)10-19(18)26-21/h2-3,8-10,13,20H,4-7,11H2,1H3,(H,25,26)(H,27,29). The van der Waals surface area contributed by atoms with Gasteiger partial charge in [-0.1, -0.05) is 17.7 Å². The van der Waals surface area contributed by atoms with Gasteiger partial charge in [0, 0.05) is 29.8 Å². The Hall–Kier alpha value is -2.44. The van der Waals surface area contributed by atoms with Crippen molar-refractivity contribution < 1.29 is 9.18 Å². The maximum Gasteiger partial charge on any atom is 0.251 e. The molecule has 5 nitrogen and oxygen atoms in total. The number of halogens is 2. The van der Waals surface area contributed by atoms with Gasteiger partial charge in [0.05, 0.1) is 16.1 Å². The maximum absolute atomic E-state index is 13.7. The summed E-state index contributed by atoms with van der Waals surface area (Å²) in [4.78, 5) is 22.9. The van der Waals surface area contributed by atoms with Crippen LogP contribution in [0.4, 0.5) is 4.39 Å². The molecule has 0 spiro atoms. The first-order valence-electron chi connectivity index (χ1n) is 9.97. The van der Waals surface area contributed by atoms with Crippen molar-refractivity contribution in [1.82, 2.24) is 20.2 Å². The summed E-state index contributed by atoms with van der Waals surface area (Å²) in [6, 6.07) is 8.68. The number of nitrogens with zero attached hydrogens (tertiary/aromatic N) is 2. The molecule has 3 aliphatic heterocycles. The number of fused-ring (bicyclic) bond motifs is 4. The van der Waals surface area contributed by atoms with Gasteiger partial charge in [0.25, 0.3) is 5.91 Å². The fourth-order valence-electron chi connectivity index (χ4n) is 4.58. The van der Waals surface area contributed by atoms with E-state index in [1.54, 1.807) is 0 Å². The predicted octanol–water partition coefficient (Wildman–Crippen LogP) is 4.15. The van der Waals surface area contributed by atoms with Gasteiger partial charge in [-0.15, -0.1) is 0 Å². The number of imidazole rings is 1. The molecule has 1 atom stereocenters. The summed E-state index contributed by atoms with van der Waals surface area (Å²) in [6.07, 6.45) is 2.33. The Balaban J connectivity index is 1.38. The van der Waals surface area contributed by atoms with Gasteiger partial charge in [0.15, 0.2) is 0 Å². The Labute approximate surface area is 173 Å². The van der Waals surface area contributed by atoms with E-state index in [-0.39, 0.29) is 17.0 Å². The number of H-pyrrole nitrogens is 1. The van der Waals surface area contributed by atoms with Crippen LogP contribution in [0.1, 0.15) is 28.8 Å². The highest BCUT2D eigenvalue weighted by molar-refractivity contribution is 6.31. The van der Waals surface area contributed by atoms with Gasteiger partial charge in [0.2, 0.25) is 0 Å². The highest BCUT2D eigenvalue weighted by Crippen LogP contribution is 2.29. The number of aromatic amines is 1. The highest BCUT2D eigenvalue weighted by Gasteiger charge is 2.35. The molecule has 3 aromatic rings. The summed E-state index contributed by atoms with van der Waals surface area (Å²) < 4.78 is 13.7. The van der Waals surface area contributed by atoms with Gasteiger partial charge in [-0.05, 0) is 62.5 Å². The average Bonchev–Trinajstić information content (AvgIpc) is 3.11. The number of hydrogen-bond acceptors (Lipinski definition) is 3. The van der Waals surface area contributed by atoms with Crippen LogP contribution in [0.25, 0.3) is 22.4 Å². The molecular weight excluding hydrogens is 391 g/mol.